The van der Waals surface area contributed by atoms with E-state index in [1.807, 2.05) is 11.0 Å². The molecule has 0 saturated carbocycles. The predicted octanol–water partition coefficient (Wildman–Crippen LogP) is -0.536. The molecule has 1 fully saturated rings. The van der Waals surface area contributed by atoms with Crippen LogP contribution >= 0.6 is 0 Å². The summed E-state index contributed by atoms with van der Waals surface area (Å²) in [5.41, 5.74) is -0.956. The lowest BCUT2D eigenvalue weighted by molar-refractivity contribution is 0.348. The van der Waals surface area contributed by atoms with Crippen LogP contribution in [0.2, 0.25) is 0 Å². The van der Waals surface area contributed by atoms with E-state index in [-0.39, 0.29) is 5.56 Å². The fourth-order valence-electron chi connectivity index (χ4n) is 3.30. The molecule has 9 nitrogen and oxygen atoms in total. The quantitative estimate of drug-likeness (QED) is 0.750. The number of aromatic nitrogens is 5. The summed E-state index contributed by atoms with van der Waals surface area (Å²) in [4.78, 5) is 30.4. The standard InChI is InChI=1S/C15H19N7O2/c1-19-13(12(6-16)14(23)20(2)15(19)24)21-5-3-4-11(7-21)8-22-10-17-9-18-22/h9-11H,3-5,7-8H2,1-2H3/t11-/m0/s1. The molecule has 0 bridgehead atoms. The van der Waals surface area contributed by atoms with Crippen molar-refractivity contribution in [2.75, 3.05) is 18.0 Å². The van der Waals surface area contributed by atoms with Gasteiger partial charge in [0.05, 0.1) is 0 Å². The summed E-state index contributed by atoms with van der Waals surface area (Å²) in [5, 5.41) is 13.5. The number of nitrogens with zero attached hydrogens (tertiary/aromatic N) is 7. The molecule has 1 saturated heterocycles. The number of nitriles is 1. The first-order valence-corrected chi connectivity index (χ1v) is 7.80. The number of piperidine rings is 1. The van der Waals surface area contributed by atoms with E-state index in [9.17, 15) is 14.9 Å². The second kappa shape index (κ2) is 6.31. The number of hydrogen-bond donors (Lipinski definition) is 0. The molecule has 126 valence electrons. The van der Waals surface area contributed by atoms with Gasteiger partial charge in [-0.2, -0.15) is 10.4 Å². The first-order valence-electron chi connectivity index (χ1n) is 7.80. The Morgan fingerprint density at radius 1 is 1.33 bits per heavy atom. The van der Waals surface area contributed by atoms with Crippen LogP contribution < -0.4 is 16.1 Å². The van der Waals surface area contributed by atoms with Crippen LogP contribution in [0.5, 0.6) is 0 Å². The molecule has 1 atom stereocenters. The van der Waals surface area contributed by atoms with Crippen molar-refractivity contribution in [1.82, 2.24) is 23.9 Å². The lowest BCUT2D eigenvalue weighted by Gasteiger charge is -2.35. The SMILES string of the molecule is Cn1c(N2CCC[C@H](Cn3cncn3)C2)c(C#N)c(=O)n(C)c1=O. The lowest BCUT2D eigenvalue weighted by atomic mass is 9.97. The maximum Gasteiger partial charge on any atom is 0.332 e. The molecule has 9 heteroatoms. The van der Waals surface area contributed by atoms with Crippen molar-refractivity contribution < 1.29 is 0 Å². The molecule has 0 N–H and O–H groups in total. The number of rotatable bonds is 3. The van der Waals surface area contributed by atoms with Crippen molar-refractivity contribution >= 4 is 5.82 Å². The van der Waals surface area contributed by atoms with Crippen LogP contribution in [0.25, 0.3) is 0 Å². The second-order valence-electron chi connectivity index (χ2n) is 6.09. The third-order valence-corrected chi connectivity index (χ3v) is 4.48. The van der Waals surface area contributed by atoms with E-state index in [0.29, 0.717) is 24.8 Å². The van der Waals surface area contributed by atoms with Gasteiger partial charge in [-0.25, -0.2) is 9.78 Å². The monoisotopic (exact) mass is 329 g/mol. The van der Waals surface area contributed by atoms with Crippen LogP contribution in [-0.2, 0) is 20.6 Å². The van der Waals surface area contributed by atoms with E-state index in [4.69, 9.17) is 0 Å². The molecule has 3 rings (SSSR count). The highest BCUT2D eigenvalue weighted by molar-refractivity contribution is 5.53. The van der Waals surface area contributed by atoms with Gasteiger partial charge >= 0.3 is 5.69 Å². The van der Waals surface area contributed by atoms with Gasteiger partial charge in [0.15, 0.2) is 5.56 Å². The second-order valence-corrected chi connectivity index (χ2v) is 6.09. The minimum absolute atomic E-state index is 0.0148. The van der Waals surface area contributed by atoms with Crippen LogP contribution in [0.4, 0.5) is 5.82 Å². The Balaban J connectivity index is 1.95. The number of hydrogen-bond acceptors (Lipinski definition) is 6. The van der Waals surface area contributed by atoms with E-state index in [1.165, 1.54) is 17.9 Å². The van der Waals surface area contributed by atoms with E-state index in [1.54, 1.807) is 18.1 Å². The van der Waals surface area contributed by atoms with Gasteiger partial charge in [0, 0.05) is 33.7 Å². The Morgan fingerprint density at radius 3 is 2.79 bits per heavy atom. The van der Waals surface area contributed by atoms with Crippen molar-refractivity contribution in [2.24, 2.45) is 20.0 Å². The fraction of sp³-hybridized carbons (Fsp3) is 0.533. The molecular formula is C15H19N7O2. The summed E-state index contributed by atoms with van der Waals surface area (Å²) in [6.45, 7) is 2.09. The Morgan fingerprint density at radius 2 is 2.12 bits per heavy atom. The molecule has 0 aliphatic carbocycles. The van der Waals surface area contributed by atoms with Gasteiger partial charge in [0.2, 0.25) is 0 Å². The maximum atomic E-state index is 12.3. The third-order valence-electron chi connectivity index (χ3n) is 4.48. The van der Waals surface area contributed by atoms with E-state index in [2.05, 4.69) is 10.1 Å². The Bertz CT molecular complexity index is 888. The average Bonchev–Trinajstić information content (AvgIpc) is 3.09. The largest absolute Gasteiger partial charge is 0.356 e. The van der Waals surface area contributed by atoms with Gasteiger partial charge in [0.1, 0.15) is 24.5 Å². The minimum Gasteiger partial charge on any atom is -0.356 e. The molecular weight excluding hydrogens is 310 g/mol. The van der Waals surface area contributed by atoms with E-state index < -0.39 is 11.2 Å². The summed E-state index contributed by atoms with van der Waals surface area (Å²) >= 11 is 0. The van der Waals surface area contributed by atoms with Gasteiger partial charge in [-0.05, 0) is 18.8 Å². The Hall–Kier alpha value is -2.89. The van der Waals surface area contributed by atoms with Crippen molar-refractivity contribution in [3.05, 3.63) is 39.1 Å². The van der Waals surface area contributed by atoms with Crippen molar-refractivity contribution in [2.45, 2.75) is 19.4 Å². The summed E-state index contributed by atoms with van der Waals surface area (Å²) in [6.07, 6.45) is 5.12. The van der Waals surface area contributed by atoms with E-state index in [0.717, 1.165) is 24.0 Å². The first-order chi connectivity index (χ1) is 11.5. The third kappa shape index (κ3) is 2.71. The fourth-order valence-corrected chi connectivity index (χ4v) is 3.30. The summed E-state index contributed by atoms with van der Waals surface area (Å²) < 4.78 is 4.14. The highest BCUT2D eigenvalue weighted by Gasteiger charge is 2.26. The van der Waals surface area contributed by atoms with Crippen molar-refractivity contribution in [3.63, 3.8) is 0 Å². The topological polar surface area (TPSA) is 102 Å². The summed E-state index contributed by atoms with van der Waals surface area (Å²) in [7, 11) is 2.98. The average molecular weight is 329 g/mol. The van der Waals surface area contributed by atoms with Gasteiger partial charge in [0.25, 0.3) is 5.56 Å². The Kier molecular flexibility index (Phi) is 4.20. The lowest BCUT2D eigenvalue weighted by Crippen LogP contribution is -2.45. The van der Waals surface area contributed by atoms with Gasteiger partial charge in [-0.1, -0.05) is 0 Å². The highest BCUT2D eigenvalue weighted by Crippen LogP contribution is 2.24. The molecule has 1 aliphatic rings. The van der Waals surface area contributed by atoms with Crippen molar-refractivity contribution in [1.29, 1.82) is 5.26 Å². The molecule has 2 aromatic rings. The number of anilines is 1. The van der Waals surface area contributed by atoms with Gasteiger partial charge in [-0.15, -0.1) is 0 Å². The zero-order valence-corrected chi connectivity index (χ0v) is 13.7. The van der Waals surface area contributed by atoms with Crippen molar-refractivity contribution in [3.8, 4) is 6.07 Å². The maximum absolute atomic E-state index is 12.3. The summed E-state index contributed by atoms with van der Waals surface area (Å²) in [6, 6.07) is 1.97. The molecule has 0 radical (unpaired) electrons. The highest BCUT2D eigenvalue weighted by atomic mass is 16.2. The van der Waals surface area contributed by atoms with E-state index >= 15 is 0 Å². The first kappa shape index (κ1) is 16.0. The van der Waals surface area contributed by atoms with Gasteiger partial charge in [-0.3, -0.25) is 18.6 Å². The zero-order chi connectivity index (χ0) is 17.3. The summed E-state index contributed by atoms with van der Waals surface area (Å²) in [5.74, 6) is 0.722. The molecule has 0 amide bonds. The van der Waals surface area contributed by atoms with Crippen LogP contribution in [0, 0.1) is 17.2 Å². The Labute approximate surface area is 138 Å². The molecule has 1 aliphatic heterocycles. The van der Waals surface area contributed by atoms with Crippen LogP contribution in [0.3, 0.4) is 0 Å². The van der Waals surface area contributed by atoms with Gasteiger partial charge < -0.3 is 4.90 Å². The molecule has 2 aromatic heterocycles. The molecule has 0 spiro atoms. The predicted molar refractivity (Wildman–Crippen MR) is 86.6 cm³/mol. The molecule has 0 unspecified atom stereocenters. The van der Waals surface area contributed by atoms with Crippen LogP contribution in [0.1, 0.15) is 18.4 Å². The van der Waals surface area contributed by atoms with Crippen LogP contribution in [0.15, 0.2) is 22.2 Å². The minimum atomic E-state index is -0.547. The smallest absolute Gasteiger partial charge is 0.332 e. The molecule has 3 heterocycles. The molecule has 0 aromatic carbocycles. The normalized spacial score (nSPS) is 17.7. The van der Waals surface area contributed by atoms with Crippen LogP contribution in [-0.4, -0.2) is 37.0 Å². The zero-order valence-electron chi connectivity index (χ0n) is 13.7. The molecule has 24 heavy (non-hydrogen) atoms.